The number of ether oxygens (including phenoxy) is 1. The molecule has 1 atom stereocenters. The summed E-state index contributed by atoms with van der Waals surface area (Å²) in [6.45, 7) is 1.40. The van der Waals surface area contributed by atoms with Gasteiger partial charge in [0.15, 0.2) is 0 Å². The highest BCUT2D eigenvalue weighted by Gasteiger charge is 2.36. The fourth-order valence-electron chi connectivity index (χ4n) is 2.51. The molecule has 0 spiro atoms. The maximum atomic E-state index is 11.6. The average molecular weight is 238 g/mol. The molecular weight excluding hydrogens is 226 g/mol. The first-order valence-electron chi connectivity index (χ1n) is 5.48. The van der Waals surface area contributed by atoms with Crippen LogP contribution in [0.3, 0.4) is 0 Å². The van der Waals surface area contributed by atoms with Crippen LogP contribution in [0.25, 0.3) is 0 Å². The van der Waals surface area contributed by atoms with Gasteiger partial charge in [-0.05, 0) is 24.1 Å². The summed E-state index contributed by atoms with van der Waals surface area (Å²) in [5, 5.41) is 0.798. The lowest BCUT2D eigenvalue weighted by atomic mass is 10.1. The molecule has 1 aromatic carbocycles. The maximum Gasteiger partial charge on any atom is 0.328 e. The molecule has 16 heavy (non-hydrogen) atoms. The number of hydrogen-bond acceptors (Lipinski definition) is 3. The van der Waals surface area contributed by atoms with Crippen molar-refractivity contribution in [3.63, 3.8) is 0 Å². The number of rotatable bonds is 1. The van der Waals surface area contributed by atoms with E-state index in [4.69, 9.17) is 16.3 Å². The van der Waals surface area contributed by atoms with Crippen molar-refractivity contribution in [2.75, 3.05) is 18.1 Å². The van der Waals surface area contributed by atoms with Gasteiger partial charge in [-0.25, -0.2) is 4.79 Å². The van der Waals surface area contributed by atoms with Gasteiger partial charge in [0.2, 0.25) is 0 Å². The fourth-order valence-corrected chi connectivity index (χ4v) is 2.77. The quantitative estimate of drug-likeness (QED) is 0.700. The molecule has 1 unspecified atom stereocenters. The van der Waals surface area contributed by atoms with Crippen LogP contribution < -0.4 is 4.90 Å². The summed E-state index contributed by atoms with van der Waals surface area (Å²) >= 11 is 6.14. The number of anilines is 1. The van der Waals surface area contributed by atoms with E-state index in [2.05, 4.69) is 4.90 Å². The third kappa shape index (κ3) is 1.39. The average Bonchev–Trinajstić information content (AvgIpc) is 2.84. The van der Waals surface area contributed by atoms with E-state index in [-0.39, 0.29) is 12.0 Å². The van der Waals surface area contributed by atoms with Gasteiger partial charge in [-0.15, -0.1) is 0 Å². The molecule has 0 saturated carbocycles. The standard InChI is InChI=1S/C12H12ClNO2/c13-9-2-1-3-10-8(9)4-6-14(10)11-5-7-16-12(11)15/h1-3,11H,4-7H2. The first-order chi connectivity index (χ1) is 7.77. The second-order valence-electron chi connectivity index (χ2n) is 4.15. The Morgan fingerprint density at radius 1 is 1.44 bits per heavy atom. The zero-order valence-electron chi connectivity index (χ0n) is 8.78. The summed E-state index contributed by atoms with van der Waals surface area (Å²) in [4.78, 5) is 13.7. The molecule has 0 aliphatic carbocycles. The molecule has 3 rings (SSSR count). The van der Waals surface area contributed by atoms with Gasteiger partial charge in [0, 0.05) is 23.7 Å². The van der Waals surface area contributed by atoms with Gasteiger partial charge in [-0.3, -0.25) is 0 Å². The van der Waals surface area contributed by atoms with Crippen molar-refractivity contribution in [3.05, 3.63) is 28.8 Å². The highest BCUT2D eigenvalue weighted by Crippen LogP contribution is 2.36. The number of cyclic esters (lactones) is 1. The van der Waals surface area contributed by atoms with Crippen LogP contribution in [0.4, 0.5) is 5.69 Å². The SMILES string of the molecule is O=C1OCCC1N1CCc2c(Cl)cccc21. The molecule has 2 heterocycles. The Balaban J connectivity index is 1.97. The van der Waals surface area contributed by atoms with Crippen LogP contribution >= 0.6 is 11.6 Å². The summed E-state index contributed by atoms with van der Waals surface area (Å²) < 4.78 is 5.01. The van der Waals surface area contributed by atoms with Crippen LogP contribution in [0.15, 0.2) is 18.2 Å². The van der Waals surface area contributed by atoms with Crippen molar-refractivity contribution < 1.29 is 9.53 Å². The smallest absolute Gasteiger partial charge is 0.328 e. The van der Waals surface area contributed by atoms with Crippen molar-refractivity contribution in [2.24, 2.45) is 0 Å². The molecule has 0 radical (unpaired) electrons. The van der Waals surface area contributed by atoms with Gasteiger partial charge in [0.25, 0.3) is 0 Å². The monoisotopic (exact) mass is 237 g/mol. The minimum Gasteiger partial charge on any atom is -0.464 e. The van der Waals surface area contributed by atoms with E-state index < -0.39 is 0 Å². The Hall–Kier alpha value is -1.22. The maximum absolute atomic E-state index is 11.6. The van der Waals surface area contributed by atoms with Gasteiger partial charge in [-0.2, -0.15) is 0 Å². The van der Waals surface area contributed by atoms with Gasteiger partial charge in [0.1, 0.15) is 6.04 Å². The number of fused-ring (bicyclic) bond motifs is 1. The van der Waals surface area contributed by atoms with Crippen LogP contribution in [0, 0.1) is 0 Å². The predicted octanol–water partition coefficient (Wildman–Crippen LogP) is 2.02. The van der Waals surface area contributed by atoms with Crippen molar-refractivity contribution in [1.82, 2.24) is 0 Å². The van der Waals surface area contributed by atoms with E-state index in [0.717, 1.165) is 35.7 Å². The van der Waals surface area contributed by atoms with E-state index in [1.807, 2.05) is 18.2 Å². The third-order valence-electron chi connectivity index (χ3n) is 3.29. The fraction of sp³-hybridized carbons (Fsp3) is 0.417. The first-order valence-corrected chi connectivity index (χ1v) is 5.86. The molecule has 1 fully saturated rings. The van der Waals surface area contributed by atoms with Gasteiger partial charge < -0.3 is 9.64 Å². The molecule has 2 aliphatic rings. The van der Waals surface area contributed by atoms with Crippen LogP contribution in [-0.4, -0.2) is 25.2 Å². The molecule has 0 N–H and O–H groups in total. The van der Waals surface area contributed by atoms with E-state index in [1.54, 1.807) is 0 Å². The second-order valence-corrected chi connectivity index (χ2v) is 4.56. The Bertz CT molecular complexity index is 447. The van der Waals surface area contributed by atoms with Crippen molar-refractivity contribution in [2.45, 2.75) is 18.9 Å². The Morgan fingerprint density at radius 3 is 3.06 bits per heavy atom. The molecule has 84 valence electrons. The molecule has 0 bridgehead atoms. The van der Waals surface area contributed by atoms with E-state index in [9.17, 15) is 4.79 Å². The van der Waals surface area contributed by atoms with Gasteiger partial charge >= 0.3 is 5.97 Å². The third-order valence-corrected chi connectivity index (χ3v) is 3.64. The topological polar surface area (TPSA) is 29.5 Å². The Kier molecular flexibility index (Phi) is 2.28. The van der Waals surface area contributed by atoms with Crippen LogP contribution in [0.5, 0.6) is 0 Å². The van der Waals surface area contributed by atoms with Crippen LogP contribution in [0.2, 0.25) is 5.02 Å². The minimum absolute atomic E-state index is 0.104. The predicted molar refractivity (Wildman–Crippen MR) is 61.9 cm³/mol. The largest absolute Gasteiger partial charge is 0.464 e. The summed E-state index contributed by atoms with van der Waals surface area (Å²) in [6.07, 6.45) is 1.70. The number of esters is 1. The number of halogens is 1. The lowest BCUT2D eigenvalue weighted by Gasteiger charge is -2.23. The number of benzene rings is 1. The molecule has 3 nitrogen and oxygen atoms in total. The number of nitrogens with zero attached hydrogens (tertiary/aromatic N) is 1. The lowest BCUT2D eigenvalue weighted by molar-refractivity contribution is -0.139. The van der Waals surface area contributed by atoms with Crippen LogP contribution in [-0.2, 0) is 16.0 Å². The minimum atomic E-state index is -0.111. The van der Waals surface area contributed by atoms with E-state index >= 15 is 0 Å². The molecule has 2 aliphatic heterocycles. The Morgan fingerprint density at radius 2 is 2.31 bits per heavy atom. The molecular formula is C12H12ClNO2. The van der Waals surface area contributed by atoms with Gasteiger partial charge in [0.05, 0.1) is 6.61 Å². The van der Waals surface area contributed by atoms with E-state index in [0.29, 0.717) is 6.61 Å². The van der Waals surface area contributed by atoms with Crippen molar-refractivity contribution in [1.29, 1.82) is 0 Å². The molecule has 0 amide bonds. The number of carbonyl (C=O) groups is 1. The van der Waals surface area contributed by atoms with Crippen LogP contribution in [0.1, 0.15) is 12.0 Å². The normalized spacial score (nSPS) is 23.4. The Labute approximate surface area is 98.9 Å². The lowest BCUT2D eigenvalue weighted by Crippen LogP contribution is -2.37. The first kappa shape index (κ1) is 9.97. The molecule has 0 aromatic heterocycles. The second kappa shape index (κ2) is 3.67. The number of carbonyl (C=O) groups excluding carboxylic acids is 1. The van der Waals surface area contributed by atoms with E-state index in [1.165, 1.54) is 0 Å². The summed E-state index contributed by atoms with van der Waals surface area (Å²) in [7, 11) is 0. The summed E-state index contributed by atoms with van der Waals surface area (Å²) in [5.74, 6) is -0.104. The molecule has 1 saturated heterocycles. The summed E-state index contributed by atoms with van der Waals surface area (Å²) in [6, 6.07) is 5.75. The highest BCUT2D eigenvalue weighted by atomic mass is 35.5. The molecule has 4 heteroatoms. The summed E-state index contributed by atoms with van der Waals surface area (Å²) in [5.41, 5.74) is 2.25. The van der Waals surface area contributed by atoms with Gasteiger partial charge in [-0.1, -0.05) is 17.7 Å². The zero-order chi connectivity index (χ0) is 11.1. The molecule has 1 aromatic rings. The zero-order valence-corrected chi connectivity index (χ0v) is 9.54. The van der Waals surface area contributed by atoms with Crippen molar-refractivity contribution in [3.8, 4) is 0 Å². The van der Waals surface area contributed by atoms with Crippen molar-refractivity contribution >= 4 is 23.3 Å². The number of hydrogen-bond donors (Lipinski definition) is 0. The highest BCUT2D eigenvalue weighted by molar-refractivity contribution is 6.31.